The topological polar surface area (TPSA) is 101 Å². The van der Waals surface area contributed by atoms with Crippen LogP contribution < -0.4 is 4.72 Å². The number of aryl methyl sites for hydroxylation is 1. The average molecular weight is 344 g/mol. The number of carbonyl (C=O) groups is 1. The summed E-state index contributed by atoms with van der Waals surface area (Å²) in [4.78, 5) is 14.8. The molecule has 118 valence electrons. The van der Waals surface area contributed by atoms with Gasteiger partial charge in [-0.1, -0.05) is 11.6 Å². The Bertz CT molecular complexity index is 801. The highest BCUT2D eigenvalue weighted by Gasteiger charge is 2.19. The van der Waals surface area contributed by atoms with Crippen LogP contribution in [0.3, 0.4) is 0 Å². The van der Waals surface area contributed by atoms with Gasteiger partial charge < -0.3 is 9.67 Å². The van der Waals surface area contributed by atoms with Crippen molar-refractivity contribution in [2.75, 3.05) is 6.54 Å². The van der Waals surface area contributed by atoms with Gasteiger partial charge in [-0.2, -0.15) is 0 Å². The molecule has 0 saturated heterocycles. The van der Waals surface area contributed by atoms with Gasteiger partial charge in [0.1, 0.15) is 10.7 Å². The normalized spacial score (nSPS) is 11.5. The second kappa shape index (κ2) is 6.47. The number of nitrogens with zero attached hydrogens (tertiary/aromatic N) is 2. The largest absolute Gasteiger partial charge is 0.478 e. The van der Waals surface area contributed by atoms with E-state index in [2.05, 4.69) is 9.71 Å². The number of hydrogen-bond acceptors (Lipinski definition) is 4. The van der Waals surface area contributed by atoms with Crippen LogP contribution in [0.4, 0.5) is 0 Å². The lowest BCUT2D eigenvalue weighted by Gasteiger charge is -2.09. The van der Waals surface area contributed by atoms with E-state index in [0.29, 0.717) is 6.42 Å². The van der Waals surface area contributed by atoms with Gasteiger partial charge >= 0.3 is 5.97 Å². The maximum Gasteiger partial charge on any atom is 0.335 e. The van der Waals surface area contributed by atoms with Crippen molar-refractivity contribution in [1.82, 2.24) is 14.3 Å². The lowest BCUT2D eigenvalue weighted by molar-refractivity contribution is 0.0696. The molecule has 0 spiro atoms. The number of aromatic nitrogens is 2. The van der Waals surface area contributed by atoms with Crippen molar-refractivity contribution in [1.29, 1.82) is 0 Å². The van der Waals surface area contributed by atoms with Gasteiger partial charge in [0.05, 0.1) is 10.6 Å². The molecule has 1 aromatic heterocycles. The van der Waals surface area contributed by atoms with Crippen LogP contribution in [0.25, 0.3) is 0 Å². The van der Waals surface area contributed by atoms with Crippen molar-refractivity contribution in [3.05, 3.63) is 47.0 Å². The van der Waals surface area contributed by atoms with Gasteiger partial charge in [-0.05, 0) is 18.2 Å². The van der Waals surface area contributed by atoms with Crippen LogP contribution in [0.15, 0.2) is 35.5 Å². The Hall–Kier alpha value is -1.90. The Balaban J connectivity index is 2.10. The molecule has 2 rings (SSSR count). The molecule has 2 aromatic rings. The number of hydrogen-bond donors (Lipinski definition) is 2. The summed E-state index contributed by atoms with van der Waals surface area (Å²) in [5, 5.41) is 8.71. The number of halogens is 1. The van der Waals surface area contributed by atoms with Crippen molar-refractivity contribution >= 4 is 27.6 Å². The summed E-state index contributed by atoms with van der Waals surface area (Å²) >= 11 is 5.86. The van der Waals surface area contributed by atoms with E-state index in [0.717, 1.165) is 11.9 Å². The average Bonchev–Trinajstić information content (AvgIpc) is 2.83. The van der Waals surface area contributed by atoms with Crippen LogP contribution in [-0.4, -0.2) is 35.6 Å². The molecule has 0 radical (unpaired) electrons. The number of imidazole rings is 1. The Morgan fingerprint density at radius 3 is 2.73 bits per heavy atom. The molecule has 1 aromatic carbocycles. The molecule has 0 fully saturated rings. The molecular formula is C13H14ClN3O4S. The van der Waals surface area contributed by atoms with Gasteiger partial charge in [0.2, 0.25) is 10.0 Å². The van der Waals surface area contributed by atoms with Gasteiger partial charge in [0.25, 0.3) is 0 Å². The molecule has 7 nitrogen and oxygen atoms in total. The molecule has 0 saturated carbocycles. The van der Waals surface area contributed by atoms with Crippen molar-refractivity contribution in [3.8, 4) is 0 Å². The third kappa shape index (κ3) is 3.65. The van der Waals surface area contributed by atoms with E-state index < -0.39 is 16.0 Å². The number of rotatable bonds is 6. The first-order valence-corrected chi connectivity index (χ1v) is 8.16. The standard InChI is InChI=1S/C13H14ClN3O4S/c1-17-7-6-15-12(17)4-5-16-22(20,21)11-3-2-9(13(18)19)8-10(11)14/h2-3,6-8,16H,4-5H2,1H3,(H,18,19). The number of aromatic carboxylic acids is 1. The fourth-order valence-corrected chi connectivity index (χ4v) is 3.44. The summed E-state index contributed by atoms with van der Waals surface area (Å²) in [7, 11) is -1.99. The van der Waals surface area contributed by atoms with Crippen LogP contribution in [0.2, 0.25) is 5.02 Å². The van der Waals surface area contributed by atoms with Gasteiger partial charge in [-0.3, -0.25) is 0 Å². The molecule has 1 heterocycles. The Kier molecular flexibility index (Phi) is 4.84. The van der Waals surface area contributed by atoms with Crippen LogP contribution >= 0.6 is 11.6 Å². The number of carboxylic acid groups (broad SMARTS) is 1. The molecule has 0 aliphatic carbocycles. The van der Waals surface area contributed by atoms with E-state index >= 15 is 0 Å². The number of benzene rings is 1. The van der Waals surface area contributed by atoms with Crippen LogP contribution in [0, 0.1) is 0 Å². The van der Waals surface area contributed by atoms with Crippen molar-refractivity contribution in [3.63, 3.8) is 0 Å². The smallest absolute Gasteiger partial charge is 0.335 e. The number of carboxylic acids is 1. The van der Waals surface area contributed by atoms with E-state index in [9.17, 15) is 13.2 Å². The molecule has 22 heavy (non-hydrogen) atoms. The molecule has 0 bridgehead atoms. The SMILES string of the molecule is Cn1ccnc1CCNS(=O)(=O)c1ccc(C(=O)O)cc1Cl. The number of nitrogens with one attached hydrogen (secondary N) is 1. The maximum absolute atomic E-state index is 12.2. The van der Waals surface area contributed by atoms with Crippen LogP contribution in [0.5, 0.6) is 0 Å². The molecule has 9 heteroatoms. The molecular weight excluding hydrogens is 330 g/mol. The second-order valence-electron chi connectivity index (χ2n) is 4.55. The Morgan fingerprint density at radius 2 is 2.18 bits per heavy atom. The Labute approximate surface area is 132 Å². The fourth-order valence-electron chi connectivity index (χ4n) is 1.86. The van der Waals surface area contributed by atoms with E-state index in [1.807, 2.05) is 7.05 Å². The van der Waals surface area contributed by atoms with E-state index in [-0.39, 0.29) is 22.0 Å². The van der Waals surface area contributed by atoms with Gasteiger partial charge in [-0.15, -0.1) is 0 Å². The summed E-state index contributed by atoms with van der Waals surface area (Å²) in [5.74, 6) is -0.427. The van der Waals surface area contributed by atoms with Crippen LogP contribution in [-0.2, 0) is 23.5 Å². The number of sulfonamides is 1. The van der Waals surface area contributed by atoms with Crippen molar-refractivity contribution in [2.45, 2.75) is 11.3 Å². The van der Waals surface area contributed by atoms with Gasteiger partial charge in [-0.25, -0.2) is 22.9 Å². The predicted octanol–water partition coefficient (Wildman–Crippen LogP) is 1.29. The first-order valence-electron chi connectivity index (χ1n) is 6.30. The van der Waals surface area contributed by atoms with E-state index in [4.69, 9.17) is 16.7 Å². The summed E-state index contributed by atoms with van der Waals surface area (Å²) < 4.78 is 28.6. The molecule has 0 aliphatic heterocycles. The highest BCUT2D eigenvalue weighted by molar-refractivity contribution is 7.89. The third-order valence-corrected chi connectivity index (χ3v) is 4.97. The fraction of sp³-hybridized carbons (Fsp3) is 0.231. The summed E-state index contributed by atoms with van der Waals surface area (Å²) in [6.07, 6.45) is 3.82. The molecule has 2 N–H and O–H groups in total. The predicted molar refractivity (Wildman–Crippen MR) is 80.5 cm³/mol. The highest BCUT2D eigenvalue weighted by atomic mass is 35.5. The summed E-state index contributed by atoms with van der Waals surface area (Å²) in [6.45, 7) is 0.157. The summed E-state index contributed by atoms with van der Waals surface area (Å²) in [5.41, 5.74) is -0.0723. The van der Waals surface area contributed by atoms with Crippen LogP contribution in [0.1, 0.15) is 16.2 Å². The molecule has 0 unspecified atom stereocenters. The Morgan fingerprint density at radius 1 is 1.45 bits per heavy atom. The minimum Gasteiger partial charge on any atom is -0.478 e. The highest BCUT2D eigenvalue weighted by Crippen LogP contribution is 2.22. The maximum atomic E-state index is 12.2. The van der Waals surface area contributed by atoms with Crippen molar-refractivity contribution in [2.24, 2.45) is 7.05 Å². The summed E-state index contributed by atoms with van der Waals surface area (Å²) in [6, 6.07) is 3.48. The zero-order valence-electron chi connectivity index (χ0n) is 11.7. The molecule has 0 atom stereocenters. The first kappa shape index (κ1) is 16.5. The lowest BCUT2D eigenvalue weighted by atomic mass is 10.2. The minimum absolute atomic E-state index is 0.0723. The van der Waals surface area contributed by atoms with Gasteiger partial charge in [0.15, 0.2) is 0 Å². The molecule has 0 aliphatic rings. The lowest BCUT2D eigenvalue weighted by Crippen LogP contribution is -2.27. The first-order chi connectivity index (χ1) is 10.3. The third-order valence-electron chi connectivity index (χ3n) is 3.03. The van der Waals surface area contributed by atoms with E-state index in [1.54, 1.807) is 17.0 Å². The molecule has 0 amide bonds. The quantitative estimate of drug-likeness (QED) is 0.823. The minimum atomic E-state index is -3.81. The van der Waals surface area contributed by atoms with Gasteiger partial charge in [0, 0.05) is 32.4 Å². The van der Waals surface area contributed by atoms with Crippen molar-refractivity contribution < 1.29 is 18.3 Å². The zero-order valence-corrected chi connectivity index (χ0v) is 13.2. The monoisotopic (exact) mass is 343 g/mol. The van der Waals surface area contributed by atoms with E-state index in [1.165, 1.54) is 12.1 Å². The second-order valence-corrected chi connectivity index (χ2v) is 6.70. The zero-order chi connectivity index (χ0) is 16.3.